The zero-order valence-electron chi connectivity index (χ0n) is 16.2. The molecular weight excluding hydrogens is 354 g/mol. The molecule has 0 aliphatic carbocycles. The predicted octanol–water partition coefficient (Wildman–Crippen LogP) is 3.82. The van der Waals surface area contributed by atoms with Gasteiger partial charge in [0.15, 0.2) is 0 Å². The highest BCUT2D eigenvalue weighted by molar-refractivity contribution is 5.88. The molecule has 3 aromatic rings. The number of aryl methyl sites for hydroxylation is 1. The standard InChI is InChI=1S/C23H25NO4/c1-3-27-23(26)18(12-17-7-5-4-6-8-17)14-24-22(25)13-19-15-28-21-11-16(2)9-10-20(19)21/h4-11,15,18H,3,12-14H2,1-2H3,(H,24,25). The highest BCUT2D eigenvalue weighted by Crippen LogP contribution is 2.22. The van der Waals surface area contributed by atoms with E-state index in [2.05, 4.69) is 5.32 Å². The van der Waals surface area contributed by atoms with E-state index < -0.39 is 5.92 Å². The van der Waals surface area contributed by atoms with E-state index in [4.69, 9.17) is 9.15 Å². The van der Waals surface area contributed by atoms with Crippen molar-refractivity contribution in [1.29, 1.82) is 0 Å². The zero-order chi connectivity index (χ0) is 19.9. The average molecular weight is 379 g/mol. The molecule has 0 spiro atoms. The molecule has 1 heterocycles. The highest BCUT2D eigenvalue weighted by atomic mass is 16.5. The van der Waals surface area contributed by atoms with Gasteiger partial charge < -0.3 is 14.5 Å². The molecule has 1 unspecified atom stereocenters. The van der Waals surface area contributed by atoms with Crippen molar-refractivity contribution in [2.45, 2.75) is 26.7 Å². The number of esters is 1. The number of carbonyl (C=O) groups excluding carboxylic acids is 2. The van der Waals surface area contributed by atoms with Crippen LogP contribution in [0.1, 0.15) is 23.6 Å². The molecule has 28 heavy (non-hydrogen) atoms. The Bertz CT molecular complexity index is 946. The van der Waals surface area contributed by atoms with Gasteiger partial charge in [0.1, 0.15) is 5.58 Å². The topological polar surface area (TPSA) is 68.5 Å². The van der Waals surface area contributed by atoms with Crippen LogP contribution in [-0.4, -0.2) is 25.0 Å². The maximum Gasteiger partial charge on any atom is 0.311 e. The number of ether oxygens (including phenoxy) is 1. The van der Waals surface area contributed by atoms with Gasteiger partial charge in [-0.15, -0.1) is 0 Å². The van der Waals surface area contributed by atoms with Crippen molar-refractivity contribution in [3.05, 3.63) is 71.5 Å². The number of amides is 1. The lowest BCUT2D eigenvalue weighted by molar-refractivity contribution is -0.147. The number of hydrogen-bond acceptors (Lipinski definition) is 4. The van der Waals surface area contributed by atoms with Crippen molar-refractivity contribution in [2.75, 3.05) is 13.2 Å². The largest absolute Gasteiger partial charge is 0.466 e. The monoisotopic (exact) mass is 379 g/mol. The average Bonchev–Trinajstić information content (AvgIpc) is 3.07. The number of hydrogen-bond donors (Lipinski definition) is 1. The number of furan rings is 1. The summed E-state index contributed by atoms with van der Waals surface area (Å²) in [6, 6.07) is 15.6. The van der Waals surface area contributed by atoms with E-state index in [0.29, 0.717) is 13.0 Å². The Morgan fingerprint density at radius 1 is 1.14 bits per heavy atom. The fourth-order valence-electron chi connectivity index (χ4n) is 3.20. The summed E-state index contributed by atoms with van der Waals surface area (Å²) in [5, 5.41) is 3.81. The lowest BCUT2D eigenvalue weighted by Gasteiger charge is -2.16. The first-order valence-electron chi connectivity index (χ1n) is 9.50. The third-order valence-corrected chi connectivity index (χ3v) is 4.65. The van der Waals surface area contributed by atoms with E-state index in [-0.39, 0.29) is 24.8 Å². The molecule has 0 saturated carbocycles. The normalized spacial score (nSPS) is 11.9. The SMILES string of the molecule is CCOC(=O)C(CNC(=O)Cc1coc2cc(C)ccc12)Cc1ccccc1. The number of benzene rings is 2. The van der Waals surface area contributed by atoms with Crippen molar-refractivity contribution >= 4 is 22.8 Å². The fraction of sp³-hybridized carbons (Fsp3) is 0.304. The van der Waals surface area contributed by atoms with E-state index in [1.54, 1.807) is 13.2 Å². The lowest BCUT2D eigenvalue weighted by Crippen LogP contribution is -2.35. The third-order valence-electron chi connectivity index (χ3n) is 4.65. The molecule has 0 saturated heterocycles. The summed E-state index contributed by atoms with van der Waals surface area (Å²) in [6.07, 6.45) is 2.35. The second-order valence-corrected chi connectivity index (χ2v) is 6.88. The summed E-state index contributed by atoms with van der Waals surface area (Å²) in [5.41, 5.74) is 3.75. The molecule has 1 aromatic heterocycles. The van der Waals surface area contributed by atoms with Crippen LogP contribution in [-0.2, 0) is 27.2 Å². The van der Waals surface area contributed by atoms with Crippen LogP contribution in [0, 0.1) is 12.8 Å². The number of nitrogens with one attached hydrogen (secondary N) is 1. The molecule has 5 heteroatoms. The van der Waals surface area contributed by atoms with Crippen molar-refractivity contribution in [2.24, 2.45) is 5.92 Å². The molecule has 1 N–H and O–H groups in total. The van der Waals surface area contributed by atoms with Crippen molar-refractivity contribution in [1.82, 2.24) is 5.32 Å². The summed E-state index contributed by atoms with van der Waals surface area (Å²) in [5.74, 6) is -0.864. The first-order valence-corrected chi connectivity index (χ1v) is 9.50. The molecule has 1 amide bonds. The summed E-state index contributed by atoms with van der Waals surface area (Å²) >= 11 is 0. The van der Waals surface area contributed by atoms with Crippen molar-refractivity contribution < 1.29 is 18.7 Å². The van der Waals surface area contributed by atoms with Crippen LogP contribution in [0.5, 0.6) is 0 Å². The second kappa shape index (κ2) is 9.22. The predicted molar refractivity (Wildman–Crippen MR) is 108 cm³/mol. The Labute approximate surface area is 164 Å². The van der Waals surface area contributed by atoms with Gasteiger partial charge in [-0.2, -0.15) is 0 Å². The van der Waals surface area contributed by atoms with E-state index >= 15 is 0 Å². The third kappa shape index (κ3) is 5.00. The Hall–Kier alpha value is -3.08. The number of fused-ring (bicyclic) bond motifs is 1. The molecule has 1 atom stereocenters. The van der Waals surface area contributed by atoms with Crippen LogP contribution in [0.2, 0.25) is 0 Å². The first kappa shape index (κ1) is 19.7. The molecule has 0 aliphatic rings. The van der Waals surface area contributed by atoms with Crippen LogP contribution >= 0.6 is 0 Å². The van der Waals surface area contributed by atoms with E-state index in [9.17, 15) is 9.59 Å². The minimum atomic E-state index is -0.421. The van der Waals surface area contributed by atoms with Gasteiger partial charge in [0.2, 0.25) is 5.91 Å². The zero-order valence-corrected chi connectivity index (χ0v) is 16.2. The van der Waals surface area contributed by atoms with Gasteiger partial charge in [-0.3, -0.25) is 9.59 Å². The van der Waals surface area contributed by atoms with Gasteiger partial charge in [-0.1, -0.05) is 42.5 Å². The maximum atomic E-state index is 12.5. The molecule has 0 aliphatic heterocycles. The van der Waals surface area contributed by atoms with Crippen molar-refractivity contribution in [3.63, 3.8) is 0 Å². The lowest BCUT2D eigenvalue weighted by atomic mass is 9.99. The molecule has 2 aromatic carbocycles. The summed E-state index contributed by atoms with van der Waals surface area (Å²) in [6.45, 7) is 4.33. The molecule has 146 valence electrons. The van der Waals surface area contributed by atoms with Crippen LogP contribution in [0.15, 0.2) is 59.2 Å². The fourth-order valence-corrected chi connectivity index (χ4v) is 3.20. The molecule has 0 radical (unpaired) electrons. The van der Waals surface area contributed by atoms with E-state index in [1.165, 1.54) is 0 Å². The van der Waals surface area contributed by atoms with Crippen molar-refractivity contribution in [3.8, 4) is 0 Å². The highest BCUT2D eigenvalue weighted by Gasteiger charge is 2.21. The quantitative estimate of drug-likeness (QED) is 0.604. The number of carbonyl (C=O) groups is 2. The smallest absolute Gasteiger partial charge is 0.311 e. The van der Waals surface area contributed by atoms with Gasteiger partial charge in [0.25, 0.3) is 0 Å². The summed E-state index contributed by atoms with van der Waals surface area (Å²) < 4.78 is 10.7. The Kier molecular flexibility index (Phi) is 6.48. The summed E-state index contributed by atoms with van der Waals surface area (Å²) in [4.78, 5) is 24.7. The Morgan fingerprint density at radius 3 is 2.68 bits per heavy atom. The first-order chi connectivity index (χ1) is 13.6. The Morgan fingerprint density at radius 2 is 1.93 bits per heavy atom. The van der Waals surface area contributed by atoms with Crippen LogP contribution in [0.25, 0.3) is 11.0 Å². The van der Waals surface area contributed by atoms with Crippen LogP contribution in [0.4, 0.5) is 0 Å². The van der Waals surface area contributed by atoms with Gasteiger partial charge in [-0.05, 0) is 37.5 Å². The molecular formula is C23H25NO4. The second-order valence-electron chi connectivity index (χ2n) is 6.88. The molecule has 0 fully saturated rings. The minimum Gasteiger partial charge on any atom is -0.466 e. The maximum absolute atomic E-state index is 12.5. The molecule has 3 rings (SSSR count). The van der Waals surface area contributed by atoms with Gasteiger partial charge in [0, 0.05) is 17.5 Å². The Balaban J connectivity index is 1.62. The molecule has 0 bridgehead atoms. The van der Waals surface area contributed by atoms with Gasteiger partial charge in [-0.25, -0.2) is 0 Å². The van der Waals surface area contributed by atoms with Gasteiger partial charge >= 0.3 is 5.97 Å². The van der Waals surface area contributed by atoms with E-state index in [1.807, 2.05) is 55.5 Å². The minimum absolute atomic E-state index is 0.148. The van der Waals surface area contributed by atoms with E-state index in [0.717, 1.165) is 27.7 Å². The summed E-state index contributed by atoms with van der Waals surface area (Å²) in [7, 11) is 0. The van der Waals surface area contributed by atoms with Gasteiger partial charge in [0.05, 0.1) is 25.2 Å². The van der Waals surface area contributed by atoms with Crippen LogP contribution < -0.4 is 5.32 Å². The van der Waals surface area contributed by atoms with Crippen LogP contribution in [0.3, 0.4) is 0 Å². The molecule has 5 nitrogen and oxygen atoms in total. The number of rotatable bonds is 8.